The molecule has 1 fully saturated rings. The van der Waals surface area contributed by atoms with Gasteiger partial charge in [0.15, 0.2) is 0 Å². The maximum absolute atomic E-state index is 13.2. The van der Waals surface area contributed by atoms with E-state index in [0.29, 0.717) is 6.04 Å². The van der Waals surface area contributed by atoms with E-state index in [2.05, 4.69) is 4.90 Å². The summed E-state index contributed by atoms with van der Waals surface area (Å²) in [6, 6.07) is 3.89. The van der Waals surface area contributed by atoms with Crippen LogP contribution in [0, 0.1) is 0 Å². The first-order chi connectivity index (χ1) is 10.2. The summed E-state index contributed by atoms with van der Waals surface area (Å²) in [7, 11) is 3.94. The topological polar surface area (TPSA) is 23.6 Å². The third-order valence-electron chi connectivity index (χ3n) is 4.01. The lowest BCUT2D eigenvalue weighted by atomic mass is 10.0. The molecule has 0 radical (unpaired) electrons. The van der Waals surface area contributed by atoms with Gasteiger partial charge in [0.25, 0.3) is 5.24 Å². The average molecular weight is 335 g/mol. The number of halogens is 4. The molecule has 1 atom stereocenters. The van der Waals surface area contributed by atoms with Gasteiger partial charge in [0, 0.05) is 31.2 Å². The standard InChI is InChI=1S/C15H18ClF3N2O/c1-20(2)12-5-6-21(9-12)8-11-4-3-10(14(16)22)7-13(11)15(17,18)19/h3-4,7,12H,5-6,8-9H2,1-2H3. The Morgan fingerprint density at radius 2 is 2.09 bits per heavy atom. The fraction of sp³-hybridized carbons (Fsp3) is 0.533. The molecule has 0 N–H and O–H groups in total. The molecule has 0 aromatic heterocycles. The van der Waals surface area contributed by atoms with E-state index in [1.54, 1.807) is 0 Å². The van der Waals surface area contributed by atoms with Crippen molar-refractivity contribution in [2.24, 2.45) is 0 Å². The summed E-state index contributed by atoms with van der Waals surface area (Å²) in [5.74, 6) is 0. The second-order valence-electron chi connectivity index (χ2n) is 5.78. The van der Waals surface area contributed by atoms with Crippen LogP contribution in [0.4, 0.5) is 13.2 Å². The third kappa shape index (κ3) is 4.00. The van der Waals surface area contributed by atoms with Crippen LogP contribution in [-0.4, -0.2) is 48.3 Å². The van der Waals surface area contributed by atoms with Gasteiger partial charge in [-0.1, -0.05) is 6.07 Å². The van der Waals surface area contributed by atoms with Crippen molar-refractivity contribution in [2.45, 2.75) is 25.2 Å². The van der Waals surface area contributed by atoms with Crippen molar-refractivity contribution in [3.8, 4) is 0 Å². The van der Waals surface area contributed by atoms with E-state index in [1.165, 1.54) is 12.1 Å². The lowest BCUT2D eigenvalue weighted by molar-refractivity contribution is -0.138. The van der Waals surface area contributed by atoms with Crippen molar-refractivity contribution in [2.75, 3.05) is 27.2 Å². The van der Waals surface area contributed by atoms with Crippen LogP contribution in [0.25, 0.3) is 0 Å². The molecule has 1 aromatic rings. The first-order valence-electron chi connectivity index (χ1n) is 6.97. The monoisotopic (exact) mass is 334 g/mol. The molecule has 1 heterocycles. The zero-order valence-electron chi connectivity index (χ0n) is 12.5. The summed E-state index contributed by atoms with van der Waals surface area (Å²) in [6.45, 7) is 1.72. The molecule has 1 saturated heterocycles. The Labute approximate surface area is 132 Å². The van der Waals surface area contributed by atoms with Gasteiger partial charge in [0.2, 0.25) is 0 Å². The first-order valence-corrected chi connectivity index (χ1v) is 7.35. The number of hydrogen-bond acceptors (Lipinski definition) is 3. The fourth-order valence-corrected chi connectivity index (χ4v) is 2.84. The zero-order chi connectivity index (χ0) is 16.5. The number of carbonyl (C=O) groups is 1. The minimum atomic E-state index is -4.50. The van der Waals surface area contributed by atoms with E-state index in [9.17, 15) is 18.0 Å². The molecule has 1 aliphatic heterocycles. The predicted molar refractivity (Wildman–Crippen MR) is 79.0 cm³/mol. The highest BCUT2D eigenvalue weighted by Crippen LogP contribution is 2.34. The Hall–Kier alpha value is -1.11. The molecular formula is C15H18ClF3N2O. The lowest BCUT2D eigenvalue weighted by Gasteiger charge is -2.22. The molecule has 0 aliphatic carbocycles. The predicted octanol–water partition coefficient (Wildman–Crippen LogP) is 3.22. The lowest BCUT2D eigenvalue weighted by Crippen LogP contribution is -2.31. The highest BCUT2D eigenvalue weighted by atomic mass is 35.5. The maximum atomic E-state index is 13.2. The molecule has 1 aromatic carbocycles. The van der Waals surface area contributed by atoms with Crippen molar-refractivity contribution in [3.63, 3.8) is 0 Å². The van der Waals surface area contributed by atoms with Gasteiger partial charge in [-0.2, -0.15) is 13.2 Å². The Balaban J connectivity index is 2.22. The summed E-state index contributed by atoms with van der Waals surface area (Å²) >= 11 is 5.28. The highest BCUT2D eigenvalue weighted by Gasteiger charge is 2.35. The summed E-state index contributed by atoms with van der Waals surface area (Å²) in [5.41, 5.74) is -0.744. The number of likely N-dealkylation sites (tertiary alicyclic amines) is 1. The molecule has 1 aliphatic rings. The summed E-state index contributed by atoms with van der Waals surface area (Å²) in [4.78, 5) is 15.2. The molecular weight excluding hydrogens is 317 g/mol. The van der Waals surface area contributed by atoms with Crippen LogP contribution < -0.4 is 0 Å². The van der Waals surface area contributed by atoms with Crippen LogP contribution in [0.1, 0.15) is 27.9 Å². The van der Waals surface area contributed by atoms with Crippen LogP contribution in [0.15, 0.2) is 18.2 Å². The largest absolute Gasteiger partial charge is 0.416 e. The van der Waals surface area contributed by atoms with Crippen molar-refractivity contribution in [1.82, 2.24) is 9.80 Å². The molecule has 7 heteroatoms. The number of likely N-dealkylation sites (N-methyl/N-ethyl adjacent to an activating group) is 1. The summed E-state index contributed by atoms with van der Waals surface area (Å²) < 4.78 is 39.6. The average Bonchev–Trinajstić information content (AvgIpc) is 2.86. The highest BCUT2D eigenvalue weighted by molar-refractivity contribution is 6.67. The van der Waals surface area contributed by atoms with Gasteiger partial charge in [0.1, 0.15) is 0 Å². The Morgan fingerprint density at radius 1 is 1.41 bits per heavy atom. The van der Waals surface area contributed by atoms with E-state index in [0.717, 1.165) is 25.6 Å². The van der Waals surface area contributed by atoms with Gasteiger partial charge in [-0.05, 0) is 49.8 Å². The maximum Gasteiger partial charge on any atom is 0.416 e. The number of rotatable bonds is 4. The number of hydrogen-bond donors (Lipinski definition) is 0. The van der Waals surface area contributed by atoms with E-state index in [-0.39, 0.29) is 17.7 Å². The van der Waals surface area contributed by atoms with E-state index >= 15 is 0 Å². The number of alkyl halides is 3. The van der Waals surface area contributed by atoms with Gasteiger partial charge >= 0.3 is 6.18 Å². The van der Waals surface area contributed by atoms with Crippen LogP contribution in [0.3, 0.4) is 0 Å². The quantitative estimate of drug-likeness (QED) is 0.790. The third-order valence-corrected chi connectivity index (χ3v) is 4.23. The number of carbonyl (C=O) groups excluding carboxylic acids is 1. The number of nitrogens with zero attached hydrogens (tertiary/aromatic N) is 2. The second kappa shape index (κ2) is 6.56. The molecule has 0 saturated carbocycles. The van der Waals surface area contributed by atoms with Crippen molar-refractivity contribution < 1.29 is 18.0 Å². The molecule has 3 nitrogen and oxygen atoms in total. The van der Waals surface area contributed by atoms with Crippen LogP contribution in [0.5, 0.6) is 0 Å². The molecule has 1 unspecified atom stereocenters. The second-order valence-corrected chi connectivity index (χ2v) is 6.13. The summed E-state index contributed by atoms with van der Waals surface area (Å²) in [5, 5.41) is -0.883. The molecule has 122 valence electrons. The van der Waals surface area contributed by atoms with Gasteiger partial charge in [-0.3, -0.25) is 9.69 Å². The Bertz CT molecular complexity index is 560. The molecule has 0 spiro atoms. The molecule has 22 heavy (non-hydrogen) atoms. The SMILES string of the molecule is CN(C)C1CCN(Cc2ccc(C(=O)Cl)cc2C(F)(F)F)C1. The zero-order valence-corrected chi connectivity index (χ0v) is 13.2. The van der Waals surface area contributed by atoms with Gasteiger partial charge in [0.05, 0.1) is 5.56 Å². The Morgan fingerprint density at radius 3 is 2.59 bits per heavy atom. The first kappa shape index (κ1) is 17.2. The van der Waals surface area contributed by atoms with Gasteiger partial charge in [-0.25, -0.2) is 0 Å². The minimum Gasteiger partial charge on any atom is -0.305 e. The fourth-order valence-electron chi connectivity index (χ4n) is 2.72. The summed E-state index contributed by atoms with van der Waals surface area (Å²) in [6.07, 6.45) is -3.56. The van der Waals surface area contributed by atoms with E-state index in [4.69, 9.17) is 11.6 Å². The molecule has 2 rings (SSSR count). The van der Waals surface area contributed by atoms with Crippen LogP contribution in [0.2, 0.25) is 0 Å². The number of benzene rings is 1. The van der Waals surface area contributed by atoms with Gasteiger partial charge in [-0.15, -0.1) is 0 Å². The van der Waals surface area contributed by atoms with E-state index < -0.39 is 17.0 Å². The minimum absolute atomic E-state index is 0.134. The van der Waals surface area contributed by atoms with Crippen molar-refractivity contribution in [1.29, 1.82) is 0 Å². The van der Waals surface area contributed by atoms with Gasteiger partial charge < -0.3 is 4.90 Å². The van der Waals surface area contributed by atoms with Crippen LogP contribution >= 0.6 is 11.6 Å². The molecule has 0 amide bonds. The van der Waals surface area contributed by atoms with Crippen LogP contribution in [-0.2, 0) is 12.7 Å². The normalized spacial score (nSPS) is 19.9. The smallest absolute Gasteiger partial charge is 0.305 e. The van der Waals surface area contributed by atoms with Crippen molar-refractivity contribution in [3.05, 3.63) is 34.9 Å². The Kier molecular flexibility index (Phi) is 5.14. The van der Waals surface area contributed by atoms with Crippen molar-refractivity contribution >= 4 is 16.8 Å². The van der Waals surface area contributed by atoms with E-state index in [1.807, 2.05) is 19.0 Å². The molecule has 0 bridgehead atoms.